The number of halogens is 2. The molecule has 0 aliphatic rings. The third-order valence-electron chi connectivity index (χ3n) is 1.73. The zero-order chi connectivity index (χ0) is 10.0. The molecule has 1 atom stereocenters. The molecule has 0 aliphatic carbocycles. The van der Waals surface area contributed by atoms with E-state index in [1.54, 1.807) is 18.2 Å². The minimum atomic E-state index is -0.689. The number of ketones is 1. The van der Waals surface area contributed by atoms with E-state index in [2.05, 4.69) is 0 Å². The second kappa shape index (κ2) is 4.09. The average Bonchev–Trinajstić information content (AvgIpc) is 2.08. The fourth-order valence-electron chi connectivity index (χ4n) is 0.972. The number of carbonyl (C=O) groups is 1. The molecule has 0 aliphatic heterocycles. The van der Waals surface area contributed by atoms with E-state index in [-0.39, 0.29) is 5.78 Å². The maximum Gasteiger partial charge on any atom is 0.151 e. The van der Waals surface area contributed by atoms with Gasteiger partial charge in [0.05, 0.1) is 6.04 Å². The van der Waals surface area contributed by atoms with Crippen molar-refractivity contribution >= 4 is 29.0 Å². The summed E-state index contributed by atoms with van der Waals surface area (Å²) in [5.41, 5.74) is 6.19. The molecule has 2 nitrogen and oxygen atoms in total. The third-order valence-corrected chi connectivity index (χ3v) is 2.31. The van der Waals surface area contributed by atoms with Gasteiger partial charge in [0.15, 0.2) is 5.78 Å². The van der Waals surface area contributed by atoms with Crippen LogP contribution in [0.2, 0.25) is 10.0 Å². The molecule has 4 heteroatoms. The van der Waals surface area contributed by atoms with Crippen molar-refractivity contribution in [1.29, 1.82) is 0 Å². The van der Waals surface area contributed by atoms with Gasteiger partial charge in [-0.1, -0.05) is 23.2 Å². The predicted octanol–water partition coefficient (Wildman–Crippen LogP) is 2.58. The molecule has 0 heterocycles. The summed E-state index contributed by atoms with van der Waals surface area (Å²) in [6, 6.07) is 4.20. The fourth-order valence-corrected chi connectivity index (χ4v) is 1.39. The Bertz CT molecular complexity index is 338. The molecule has 1 aromatic rings. The summed E-state index contributed by atoms with van der Waals surface area (Å²) in [6.07, 6.45) is 0. The summed E-state index contributed by atoms with van der Waals surface area (Å²) in [7, 11) is 0. The van der Waals surface area contributed by atoms with Crippen LogP contribution >= 0.6 is 23.2 Å². The lowest BCUT2D eigenvalue weighted by Crippen LogP contribution is -2.18. The van der Waals surface area contributed by atoms with Gasteiger partial charge in [-0.25, -0.2) is 0 Å². The highest BCUT2D eigenvalue weighted by atomic mass is 35.5. The van der Waals surface area contributed by atoms with Crippen molar-refractivity contribution in [2.45, 2.75) is 13.0 Å². The summed E-state index contributed by atoms with van der Waals surface area (Å²) < 4.78 is 0. The van der Waals surface area contributed by atoms with Gasteiger partial charge in [-0.3, -0.25) is 4.79 Å². The molecule has 0 aromatic heterocycles. The van der Waals surface area contributed by atoms with E-state index >= 15 is 0 Å². The minimum Gasteiger partial charge on any atom is -0.318 e. The number of hydrogen-bond acceptors (Lipinski definition) is 2. The molecule has 2 N–H and O–H groups in total. The largest absolute Gasteiger partial charge is 0.318 e. The maximum absolute atomic E-state index is 11.0. The second-order valence-corrected chi connectivity index (χ2v) is 3.60. The van der Waals surface area contributed by atoms with Crippen molar-refractivity contribution in [3.63, 3.8) is 0 Å². The number of Topliss-reactive ketones (excluding diaryl/α,β-unsaturated/α-hetero) is 1. The lowest BCUT2D eigenvalue weighted by Gasteiger charge is -2.10. The van der Waals surface area contributed by atoms with Gasteiger partial charge in [-0.05, 0) is 30.7 Å². The first-order valence-corrected chi connectivity index (χ1v) is 4.49. The molecule has 0 spiro atoms. The quantitative estimate of drug-likeness (QED) is 0.828. The Hall–Kier alpha value is -0.570. The van der Waals surface area contributed by atoms with Crippen LogP contribution in [-0.2, 0) is 4.79 Å². The Labute approximate surface area is 86.6 Å². The van der Waals surface area contributed by atoms with E-state index in [4.69, 9.17) is 28.9 Å². The zero-order valence-electron chi connectivity index (χ0n) is 7.05. The van der Waals surface area contributed by atoms with Gasteiger partial charge < -0.3 is 5.73 Å². The lowest BCUT2D eigenvalue weighted by atomic mass is 10.0. The molecule has 0 radical (unpaired) electrons. The Morgan fingerprint density at radius 3 is 2.62 bits per heavy atom. The average molecular weight is 218 g/mol. The Kier molecular flexibility index (Phi) is 3.31. The molecule has 1 rings (SSSR count). The Balaban J connectivity index is 3.12. The van der Waals surface area contributed by atoms with E-state index in [1.165, 1.54) is 6.92 Å². The Morgan fingerprint density at radius 2 is 2.08 bits per heavy atom. The highest BCUT2D eigenvalue weighted by Crippen LogP contribution is 2.25. The van der Waals surface area contributed by atoms with Crippen LogP contribution in [-0.4, -0.2) is 5.78 Å². The van der Waals surface area contributed by atoms with Gasteiger partial charge in [-0.2, -0.15) is 0 Å². The SMILES string of the molecule is CC(=O)C(N)c1cc(Cl)ccc1Cl. The molecule has 0 saturated carbocycles. The van der Waals surface area contributed by atoms with Crippen molar-refractivity contribution in [2.24, 2.45) is 5.73 Å². The second-order valence-electron chi connectivity index (χ2n) is 2.75. The highest BCUT2D eigenvalue weighted by Gasteiger charge is 2.14. The monoisotopic (exact) mass is 217 g/mol. The van der Waals surface area contributed by atoms with Gasteiger partial charge in [-0.15, -0.1) is 0 Å². The molecule has 0 saturated heterocycles. The number of rotatable bonds is 2. The fraction of sp³-hybridized carbons (Fsp3) is 0.222. The molecule has 1 unspecified atom stereocenters. The number of carbonyl (C=O) groups excluding carboxylic acids is 1. The number of nitrogens with two attached hydrogens (primary N) is 1. The van der Waals surface area contributed by atoms with Crippen LogP contribution in [0, 0.1) is 0 Å². The molecular formula is C9H9Cl2NO. The van der Waals surface area contributed by atoms with E-state index in [1.807, 2.05) is 0 Å². The molecule has 13 heavy (non-hydrogen) atoms. The first-order valence-electron chi connectivity index (χ1n) is 3.73. The van der Waals surface area contributed by atoms with E-state index < -0.39 is 6.04 Å². The first kappa shape index (κ1) is 10.5. The number of benzene rings is 1. The molecule has 0 bridgehead atoms. The molecule has 0 fully saturated rings. The van der Waals surface area contributed by atoms with Gasteiger partial charge in [0, 0.05) is 10.0 Å². The van der Waals surface area contributed by atoms with Gasteiger partial charge >= 0.3 is 0 Å². The van der Waals surface area contributed by atoms with Gasteiger partial charge in [0.1, 0.15) is 0 Å². The van der Waals surface area contributed by atoms with Crippen LogP contribution < -0.4 is 5.73 Å². The van der Waals surface area contributed by atoms with Crippen molar-refractivity contribution < 1.29 is 4.79 Å². The summed E-state index contributed by atoms with van der Waals surface area (Å²) in [5.74, 6) is -0.135. The first-order chi connectivity index (χ1) is 6.02. The van der Waals surface area contributed by atoms with Crippen LogP contribution in [0.1, 0.15) is 18.5 Å². The standard InChI is InChI=1S/C9H9Cl2NO/c1-5(13)9(12)7-4-6(10)2-3-8(7)11/h2-4,9H,12H2,1H3. The van der Waals surface area contributed by atoms with Gasteiger partial charge in [0.2, 0.25) is 0 Å². The normalized spacial score (nSPS) is 12.6. The van der Waals surface area contributed by atoms with Crippen LogP contribution in [0.3, 0.4) is 0 Å². The van der Waals surface area contributed by atoms with E-state index in [9.17, 15) is 4.79 Å². The summed E-state index contributed by atoms with van der Waals surface area (Å²) in [4.78, 5) is 11.0. The predicted molar refractivity (Wildman–Crippen MR) is 54.1 cm³/mol. The number of hydrogen-bond donors (Lipinski definition) is 1. The van der Waals surface area contributed by atoms with Crippen LogP contribution in [0.15, 0.2) is 18.2 Å². The smallest absolute Gasteiger partial charge is 0.151 e. The molecule has 70 valence electrons. The Morgan fingerprint density at radius 1 is 1.46 bits per heavy atom. The van der Waals surface area contributed by atoms with Crippen molar-refractivity contribution in [2.75, 3.05) is 0 Å². The molecule has 0 amide bonds. The summed E-state index contributed by atoms with van der Waals surface area (Å²) in [5, 5.41) is 0.989. The van der Waals surface area contributed by atoms with Crippen LogP contribution in [0.5, 0.6) is 0 Å². The van der Waals surface area contributed by atoms with E-state index in [0.29, 0.717) is 15.6 Å². The topological polar surface area (TPSA) is 43.1 Å². The van der Waals surface area contributed by atoms with Crippen LogP contribution in [0.25, 0.3) is 0 Å². The van der Waals surface area contributed by atoms with Crippen LogP contribution in [0.4, 0.5) is 0 Å². The molecular weight excluding hydrogens is 209 g/mol. The lowest BCUT2D eigenvalue weighted by molar-refractivity contribution is -0.118. The summed E-state index contributed by atoms with van der Waals surface area (Å²) >= 11 is 11.6. The third kappa shape index (κ3) is 2.44. The van der Waals surface area contributed by atoms with Gasteiger partial charge in [0.25, 0.3) is 0 Å². The maximum atomic E-state index is 11.0. The minimum absolute atomic E-state index is 0.135. The molecule has 1 aromatic carbocycles. The zero-order valence-corrected chi connectivity index (χ0v) is 8.56. The van der Waals surface area contributed by atoms with Crippen molar-refractivity contribution in [3.05, 3.63) is 33.8 Å². The van der Waals surface area contributed by atoms with Crippen molar-refractivity contribution in [3.8, 4) is 0 Å². The van der Waals surface area contributed by atoms with E-state index in [0.717, 1.165) is 0 Å². The van der Waals surface area contributed by atoms with Crippen molar-refractivity contribution in [1.82, 2.24) is 0 Å². The summed E-state index contributed by atoms with van der Waals surface area (Å²) in [6.45, 7) is 1.42. The highest BCUT2D eigenvalue weighted by molar-refractivity contribution is 6.33.